The minimum absolute atomic E-state index is 0.0372. The molecular formula is C20H15BrCl3N5O2S. The molecule has 12 heteroatoms. The summed E-state index contributed by atoms with van der Waals surface area (Å²) in [4.78, 5) is 4.68. The Kier molecular flexibility index (Phi) is 6.94. The summed E-state index contributed by atoms with van der Waals surface area (Å²) in [6, 6.07) is 13.3. The van der Waals surface area contributed by atoms with Gasteiger partial charge in [0.15, 0.2) is 5.65 Å². The van der Waals surface area contributed by atoms with Gasteiger partial charge in [-0.3, -0.25) is 0 Å². The largest absolute Gasteiger partial charge is 0.369 e. The summed E-state index contributed by atoms with van der Waals surface area (Å²) < 4.78 is 29.9. The molecule has 2 aromatic heterocycles. The molecule has 0 amide bonds. The molecule has 7 nitrogen and oxygen atoms in total. The van der Waals surface area contributed by atoms with E-state index in [1.54, 1.807) is 22.8 Å². The Bertz CT molecular complexity index is 1410. The zero-order valence-electron chi connectivity index (χ0n) is 16.2. The summed E-state index contributed by atoms with van der Waals surface area (Å²) in [6.45, 7) is 0.412. The lowest BCUT2D eigenvalue weighted by Gasteiger charge is -2.12. The predicted octanol–water partition coefficient (Wildman–Crippen LogP) is 5.51. The number of anilines is 1. The first kappa shape index (κ1) is 23.3. The van der Waals surface area contributed by atoms with Crippen molar-refractivity contribution in [3.63, 3.8) is 0 Å². The van der Waals surface area contributed by atoms with Gasteiger partial charge < -0.3 is 5.32 Å². The minimum Gasteiger partial charge on any atom is -0.369 e. The molecule has 0 unspecified atom stereocenters. The standard InChI is InChI=1S/C20H15BrCl3N5O2S/c21-14-11-26-29-19(10-18(28-20(14)29)13-3-1-2-4-15(13)22)25-7-8-27-32(30,31)12-5-6-16(23)17(24)9-12/h1-6,9-11,25,27H,7-8H2. The monoisotopic (exact) mass is 573 g/mol. The summed E-state index contributed by atoms with van der Waals surface area (Å²) in [6.07, 6.45) is 1.64. The zero-order valence-corrected chi connectivity index (χ0v) is 20.9. The van der Waals surface area contributed by atoms with Crippen LogP contribution in [0.4, 0.5) is 5.82 Å². The fourth-order valence-corrected chi connectivity index (χ4v) is 4.97. The summed E-state index contributed by atoms with van der Waals surface area (Å²) in [7, 11) is -3.74. The molecule has 4 aromatic rings. The molecule has 166 valence electrons. The van der Waals surface area contributed by atoms with Crippen LogP contribution in [0.2, 0.25) is 15.1 Å². The van der Waals surface area contributed by atoms with Gasteiger partial charge in [-0.2, -0.15) is 9.61 Å². The third-order valence-electron chi connectivity index (χ3n) is 4.50. The SMILES string of the molecule is O=S(=O)(NCCNc1cc(-c2ccccc2Cl)nc2c(Br)cnn12)c1ccc(Cl)c(Cl)c1. The van der Waals surface area contributed by atoms with Crippen LogP contribution >= 0.6 is 50.7 Å². The first-order valence-corrected chi connectivity index (χ1v) is 12.6. The van der Waals surface area contributed by atoms with E-state index < -0.39 is 10.0 Å². The van der Waals surface area contributed by atoms with E-state index in [4.69, 9.17) is 34.8 Å². The number of nitrogens with one attached hydrogen (secondary N) is 2. The highest BCUT2D eigenvalue weighted by atomic mass is 79.9. The Balaban J connectivity index is 1.53. The van der Waals surface area contributed by atoms with Gasteiger partial charge in [0, 0.05) is 29.7 Å². The van der Waals surface area contributed by atoms with Crippen LogP contribution < -0.4 is 10.0 Å². The Morgan fingerprint density at radius 1 is 0.969 bits per heavy atom. The van der Waals surface area contributed by atoms with Gasteiger partial charge in [0.05, 0.1) is 31.3 Å². The zero-order chi connectivity index (χ0) is 22.9. The average Bonchev–Trinajstić information content (AvgIpc) is 3.14. The van der Waals surface area contributed by atoms with Crippen LogP contribution in [0.5, 0.6) is 0 Å². The van der Waals surface area contributed by atoms with E-state index in [0.717, 1.165) is 10.0 Å². The summed E-state index contributed by atoms with van der Waals surface area (Å²) in [5.74, 6) is 0.629. The van der Waals surface area contributed by atoms with Crippen LogP contribution in [0.25, 0.3) is 16.9 Å². The van der Waals surface area contributed by atoms with E-state index in [2.05, 4.69) is 36.1 Å². The van der Waals surface area contributed by atoms with Crippen LogP contribution in [-0.4, -0.2) is 36.1 Å². The van der Waals surface area contributed by atoms with E-state index >= 15 is 0 Å². The van der Waals surface area contributed by atoms with Gasteiger partial charge >= 0.3 is 0 Å². The number of nitrogens with zero attached hydrogens (tertiary/aromatic N) is 3. The van der Waals surface area contributed by atoms with Gasteiger partial charge in [-0.15, -0.1) is 0 Å². The third-order valence-corrected chi connectivity index (χ3v) is 7.59. The maximum Gasteiger partial charge on any atom is 0.240 e. The first-order chi connectivity index (χ1) is 15.3. The Morgan fingerprint density at radius 2 is 1.75 bits per heavy atom. The van der Waals surface area contributed by atoms with Crippen molar-refractivity contribution in [3.8, 4) is 11.3 Å². The predicted molar refractivity (Wildman–Crippen MR) is 131 cm³/mol. The van der Waals surface area contributed by atoms with Gasteiger partial charge in [-0.1, -0.05) is 53.0 Å². The number of sulfonamides is 1. The Labute approximate surface area is 207 Å². The fourth-order valence-electron chi connectivity index (χ4n) is 2.97. The molecule has 0 aliphatic heterocycles. The van der Waals surface area contributed by atoms with Crippen LogP contribution in [0.1, 0.15) is 0 Å². The summed E-state index contributed by atoms with van der Waals surface area (Å²) in [5.41, 5.74) is 2.03. The second kappa shape index (κ2) is 9.54. The molecule has 32 heavy (non-hydrogen) atoms. The maximum atomic E-state index is 12.5. The lowest BCUT2D eigenvalue weighted by Crippen LogP contribution is -2.29. The highest BCUT2D eigenvalue weighted by molar-refractivity contribution is 9.10. The number of halogens is 4. The highest BCUT2D eigenvalue weighted by Gasteiger charge is 2.16. The quantitative estimate of drug-likeness (QED) is 0.284. The van der Waals surface area contributed by atoms with Crippen molar-refractivity contribution in [2.75, 3.05) is 18.4 Å². The molecule has 2 N–H and O–H groups in total. The number of fused-ring (bicyclic) bond motifs is 1. The van der Waals surface area contributed by atoms with Crippen LogP contribution in [-0.2, 0) is 10.0 Å². The Hall–Kier alpha value is -1.88. The van der Waals surface area contributed by atoms with Crippen LogP contribution in [0, 0.1) is 0 Å². The van der Waals surface area contributed by atoms with E-state index in [-0.39, 0.29) is 21.5 Å². The van der Waals surface area contributed by atoms with Crippen LogP contribution in [0.3, 0.4) is 0 Å². The van der Waals surface area contributed by atoms with Gasteiger partial charge in [-0.05, 0) is 40.2 Å². The van der Waals surface area contributed by atoms with E-state index in [1.165, 1.54) is 18.2 Å². The highest BCUT2D eigenvalue weighted by Crippen LogP contribution is 2.30. The topological polar surface area (TPSA) is 88.4 Å². The molecular weight excluding hydrogens is 561 g/mol. The van der Waals surface area contributed by atoms with Crippen molar-refractivity contribution in [3.05, 3.63) is 74.3 Å². The summed E-state index contributed by atoms with van der Waals surface area (Å²) >= 11 is 21.6. The lowest BCUT2D eigenvalue weighted by molar-refractivity contribution is 0.583. The molecule has 0 saturated carbocycles. The normalized spacial score (nSPS) is 11.8. The van der Waals surface area contributed by atoms with Gasteiger partial charge in [0.2, 0.25) is 10.0 Å². The van der Waals surface area contributed by atoms with Gasteiger partial charge in [-0.25, -0.2) is 18.1 Å². The number of benzene rings is 2. The molecule has 2 aromatic carbocycles. The van der Waals surface area contributed by atoms with Crippen molar-refractivity contribution in [2.24, 2.45) is 0 Å². The van der Waals surface area contributed by atoms with Crippen molar-refractivity contribution in [1.29, 1.82) is 0 Å². The average molecular weight is 576 g/mol. The second-order valence-electron chi connectivity index (χ2n) is 6.63. The number of aromatic nitrogens is 3. The van der Waals surface area contributed by atoms with Crippen molar-refractivity contribution in [1.82, 2.24) is 19.3 Å². The van der Waals surface area contributed by atoms with Gasteiger partial charge in [0.25, 0.3) is 0 Å². The van der Waals surface area contributed by atoms with Crippen molar-refractivity contribution < 1.29 is 8.42 Å². The van der Waals surface area contributed by atoms with E-state index in [1.807, 2.05) is 18.2 Å². The van der Waals surface area contributed by atoms with Crippen LogP contribution in [0.15, 0.2) is 64.1 Å². The minimum atomic E-state index is -3.74. The Morgan fingerprint density at radius 3 is 2.50 bits per heavy atom. The number of rotatable bonds is 7. The molecule has 0 aliphatic carbocycles. The third kappa shape index (κ3) is 4.88. The first-order valence-electron chi connectivity index (χ1n) is 9.24. The number of hydrogen-bond acceptors (Lipinski definition) is 5. The second-order valence-corrected chi connectivity index (χ2v) is 10.5. The molecule has 0 spiro atoms. The molecule has 0 aliphatic rings. The summed E-state index contributed by atoms with van der Waals surface area (Å²) in [5, 5.41) is 8.54. The van der Waals surface area contributed by atoms with E-state index in [0.29, 0.717) is 28.7 Å². The number of hydrogen-bond donors (Lipinski definition) is 2. The molecule has 2 heterocycles. The molecule has 0 bridgehead atoms. The fraction of sp³-hybridized carbons (Fsp3) is 0.100. The molecule has 0 fully saturated rings. The van der Waals surface area contributed by atoms with Crippen molar-refractivity contribution in [2.45, 2.75) is 4.90 Å². The molecule has 0 radical (unpaired) electrons. The van der Waals surface area contributed by atoms with Crippen molar-refractivity contribution >= 4 is 72.2 Å². The molecule has 0 atom stereocenters. The van der Waals surface area contributed by atoms with E-state index in [9.17, 15) is 8.42 Å². The smallest absolute Gasteiger partial charge is 0.240 e. The van der Waals surface area contributed by atoms with Gasteiger partial charge in [0.1, 0.15) is 5.82 Å². The maximum absolute atomic E-state index is 12.5. The lowest BCUT2D eigenvalue weighted by atomic mass is 10.1. The molecule has 0 saturated heterocycles. The molecule has 4 rings (SSSR count).